The number of carbonyl (C=O) groups excluding carboxylic acids is 1. The Labute approximate surface area is 124 Å². The largest absolute Gasteiger partial charge is 0.383 e. The summed E-state index contributed by atoms with van der Waals surface area (Å²) in [5.74, 6) is 0.301. The van der Waals surface area contributed by atoms with Crippen molar-refractivity contribution in [2.24, 2.45) is 5.73 Å². The molecule has 1 atom stereocenters. The van der Waals surface area contributed by atoms with E-state index >= 15 is 0 Å². The fourth-order valence-electron chi connectivity index (χ4n) is 2.42. The first-order valence-electron chi connectivity index (χ1n) is 6.34. The van der Waals surface area contributed by atoms with Crippen LogP contribution in [-0.2, 0) is 17.8 Å². The molecular weight excluding hydrogens is 294 g/mol. The quantitative estimate of drug-likeness (QED) is 0.520. The van der Waals surface area contributed by atoms with Gasteiger partial charge in [0.25, 0.3) is 0 Å². The van der Waals surface area contributed by atoms with Crippen LogP contribution in [0.15, 0.2) is 5.16 Å². The van der Waals surface area contributed by atoms with Gasteiger partial charge >= 0.3 is 0 Å². The molecule has 106 valence electrons. The number of primary amides is 1. The summed E-state index contributed by atoms with van der Waals surface area (Å²) < 4.78 is 0. The normalized spacial score (nSPS) is 18.1. The zero-order valence-corrected chi connectivity index (χ0v) is 12.7. The number of likely N-dealkylation sites (N-methyl/N-ethyl adjacent to an activating group) is 1. The Hall–Kier alpha value is -1.38. The van der Waals surface area contributed by atoms with Gasteiger partial charge < -0.3 is 16.4 Å². The van der Waals surface area contributed by atoms with Crippen LogP contribution in [0.3, 0.4) is 0 Å². The molecule has 20 heavy (non-hydrogen) atoms. The fourth-order valence-corrected chi connectivity index (χ4v) is 4.41. The van der Waals surface area contributed by atoms with Gasteiger partial charge in [-0.15, -0.1) is 11.3 Å². The Morgan fingerprint density at radius 2 is 2.30 bits per heavy atom. The van der Waals surface area contributed by atoms with Crippen molar-refractivity contribution in [1.29, 1.82) is 0 Å². The SMILES string of the molecule is C[NH+]1CCc2c(sc3nc(SCC(N)=O)nc(N)c23)C1. The summed E-state index contributed by atoms with van der Waals surface area (Å²) in [4.78, 5) is 23.4. The molecule has 2 aromatic rings. The minimum absolute atomic E-state index is 0.170. The second-order valence-electron chi connectivity index (χ2n) is 4.96. The van der Waals surface area contributed by atoms with Gasteiger partial charge in [-0.05, 0) is 5.56 Å². The van der Waals surface area contributed by atoms with E-state index in [2.05, 4.69) is 17.0 Å². The highest BCUT2D eigenvalue weighted by Gasteiger charge is 2.24. The number of quaternary nitrogens is 1. The maximum atomic E-state index is 10.8. The molecule has 8 heteroatoms. The number of nitrogens with zero attached hydrogens (tertiary/aromatic N) is 2. The highest BCUT2D eigenvalue weighted by atomic mass is 32.2. The number of aromatic nitrogens is 2. The molecule has 1 aliphatic heterocycles. The van der Waals surface area contributed by atoms with Gasteiger partial charge in [-0.25, -0.2) is 9.97 Å². The van der Waals surface area contributed by atoms with Crippen molar-refractivity contribution in [2.75, 3.05) is 25.1 Å². The molecule has 1 unspecified atom stereocenters. The molecule has 0 bridgehead atoms. The second-order valence-corrected chi connectivity index (χ2v) is 6.99. The lowest BCUT2D eigenvalue weighted by Crippen LogP contribution is -3.08. The number of amides is 1. The summed E-state index contributed by atoms with van der Waals surface area (Å²) in [5, 5.41) is 1.52. The summed E-state index contributed by atoms with van der Waals surface area (Å²) in [7, 11) is 2.19. The van der Waals surface area contributed by atoms with Gasteiger partial charge in [-0.2, -0.15) is 0 Å². The summed E-state index contributed by atoms with van der Waals surface area (Å²) >= 11 is 2.91. The van der Waals surface area contributed by atoms with Crippen LogP contribution in [0.25, 0.3) is 10.2 Å². The van der Waals surface area contributed by atoms with E-state index in [4.69, 9.17) is 11.5 Å². The van der Waals surface area contributed by atoms with E-state index in [9.17, 15) is 4.79 Å². The van der Waals surface area contributed by atoms with E-state index in [1.807, 2.05) is 0 Å². The number of nitrogens with two attached hydrogens (primary N) is 2. The first-order valence-corrected chi connectivity index (χ1v) is 8.15. The topological polar surface area (TPSA) is 99.3 Å². The third kappa shape index (κ3) is 2.46. The summed E-state index contributed by atoms with van der Waals surface area (Å²) in [6, 6.07) is 0. The highest BCUT2D eigenvalue weighted by Crippen LogP contribution is 2.35. The fraction of sp³-hybridized carbons (Fsp3) is 0.417. The molecule has 0 aromatic carbocycles. The molecule has 0 fully saturated rings. The Bertz CT molecular complexity index is 684. The van der Waals surface area contributed by atoms with Gasteiger partial charge in [0.2, 0.25) is 5.91 Å². The molecule has 6 nitrogen and oxygen atoms in total. The molecule has 1 aliphatic rings. The summed E-state index contributed by atoms with van der Waals surface area (Å²) in [6.07, 6.45) is 1.02. The maximum absolute atomic E-state index is 10.8. The van der Waals surface area contributed by atoms with Gasteiger partial charge in [0.15, 0.2) is 5.16 Å². The Morgan fingerprint density at radius 3 is 3.05 bits per heavy atom. The molecular formula is C12H16N5OS2+. The number of anilines is 1. The van der Waals surface area contributed by atoms with E-state index in [0.717, 1.165) is 29.7 Å². The van der Waals surface area contributed by atoms with Crippen molar-refractivity contribution in [3.05, 3.63) is 10.4 Å². The van der Waals surface area contributed by atoms with Crippen molar-refractivity contribution in [3.8, 4) is 0 Å². The second kappa shape index (κ2) is 5.19. The number of hydrogen-bond donors (Lipinski definition) is 3. The molecule has 1 amide bonds. The lowest BCUT2D eigenvalue weighted by atomic mass is 10.1. The van der Waals surface area contributed by atoms with Crippen LogP contribution >= 0.6 is 23.1 Å². The van der Waals surface area contributed by atoms with Crippen LogP contribution < -0.4 is 16.4 Å². The van der Waals surface area contributed by atoms with E-state index in [-0.39, 0.29) is 11.7 Å². The molecule has 0 spiro atoms. The zero-order chi connectivity index (χ0) is 14.3. The number of nitrogens with one attached hydrogen (secondary N) is 1. The monoisotopic (exact) mass is 310 g/mol. The van der Waals surface area contributed by atoms with Gasteiger partial charge in [-0.1, -0.05) is 11.8 Å². The minimum atomic E-state index is -0.382. The van der Waals surface area contributed by atoms with Gasteiger partial charge in [0, 0.05) is 6.42 Å². The zero-order valence-electron chi connectivity index (χ0n) is 11.1. The molecule has 2 aromatic heterocycles. The highest BCUT2D eigenvalue weighted by molar-refractivity contribution is 7.99. The lowest BCUT2D eigenvalue weighted by molar-refractivity contribution is -0.895. The summed E-state index contributed by atoms with van der Waals surface area (Å²) in [6.45, 7) is 2.12. The number of rotatable bonds is 3. The Kier molecular flexibility index (Phi) is 3.53. The Morgan fingerprint density at radius 1 is 1.50 bits per heavy atom. The molecule has 0 saturated carbocycles. The third-order valence-electron chi connectivity index (χ3n) is 3.35. The van der Waals surface area contributed by atoms with Crippen molar-refractivity contribution in [3.63, 3.8) is 0 Å². The average Bonchev–Trinajstić information content (AvgIpc) is 2.73. The van der Waals surface area contributed by atoms with Crippen molar-refractivity contribution in [2.45, 2.75) is 18.1 Å². The minimum Gasteiger partial charge on any atom is -0.383 e. The van der Waals surface area contributed by atoms with Crippen LogP contribution in [0, 0.1) is 0 Å². The number of thiophene rings is 1. The van der Waals surface area contributed by atoms with E-state index in [1.54, 1.807) is 11.3 Å². The third-order valence-corrected chi connectivity index (χ3v) is 5.34. The number of carbonyl (C=O) groups is 1. The lowest BCUT2D eigenvalue weighted by Gasteiger charge is -2.19. The first-order chi connectivity index (χ1) is 9.54. The molecule has 0 aliphatic carbocycles. The molecule has 0 radical (unpaired) electrons. The standard InChI is InChI=1S/C12H15N5OS2/c1-17-3-2-6-7(4-17)20-11-9(6)10(14)15-12(16-11)19-5-8(13)18/h2-5H2,1H3,(H2,13,18)(H2,14,15,16)/p+1. The first kappa shape index (κ1) is 13.6. The van der Waals surface area contributed by atoms with Gasteiger partial charge in [-0.3, -0.25) is 4.79 Å². The van der Waals surface area contributed by atoms with Crippen molar-refractivity contribution >= 4 is 45.0 Å². The van der Waals surface area contributed by atoms with E-state index in [1.165, 1.54) is 27.1 Å². The van der Waals surface area contributed by atoms with Crippen LogP contribution in [0.4, 0.5) is 5.82 Å². The predicted octanol–water partition coefficient (Wildman–Crippen LogP) is -0.578. The molecule has 5 N–H and O–H groups in total. The van der Waals surface area contributed by atoms with Gasteiger partial charge in [0.05, 0.1) is 29.6 Å². The van der Waals surface area contributed by atoms with Crippen LogP contribution in [0.1, 0.15) is 10.4 Å². The Balaban J connectivity index is 2.02. The molecule has 3 heterocycles. The van der Waals surface area contributed by atoms with Crippen LogP contribution in [-0.4, -0.2) is 35.2 Å². The van der Waals surface area contributed by atoms with Crippen LogP contribution in [0.2, 0.25) is 0 Å². The molecule has 3 rings (SSSR count). The van der Waals surface area contributed by atoms with Crippen molar-refractivity contribution in [1.82, 2.24) is 9.97 Å². The smallest absolute Gasteiger partial charge is 0.227 e. The predicted molar refractivity (Wildman–Crippen MR) is 80.9 cm³/mol. The van der Waals surface area contributed by atoms with E-state index < -0.39 is 0 Å². The molecule has 0 saturated heterocycles. The average molecular weight is 310 g/mol. The van der Waals surface area contributed by atoms with Gasteiger partial charge in [0.1, 0.15) is 17.2 Å². The number of nitrogen functional groups attached to an aromatic ring is 1. The number of thioether (sulfide) groups is 1. The van der Waals surface area contributed by atoms with Crippen LogP contribution in [0.5, 0.6) is 0 Å². The number of hydrogen-bond acceptors (Lipinski definition) is 6. The number of fused-ring (bicyclic) bond motifs is 3. The van der Waals surface area contributed by atoms with Crippen molar-refractivity contribution < 1.29 is 9.69 Å². The van der Waals surface area contributed by atoms with E-state index in [0.29, 0.717) is 11.0 Å². The maximum Gasteiger partial charge on any atom is 0.227 e. The summed E-state index contributed by atoms with van der Waals surface area (Å²) in [5.41, 5.74) is 12.5.